The molecule has 8 heavy (non-hydrogen) atoms. The fraction of sp³-hybridized carbons (Fsp3) is 0.333. The van der Waals surface area contributed by atoms with Crippen LogP contribution in [-0.4, -0.2) is 12.9 Å². The summed E-state index contributed by atoms with van der Waals surface area (Å²) < 4.78 is 0. The van der Waals surface area contributed by atoms with Crippen LogP contribution in [-0.2, 0) is 0 Å². The summed E-state index contributed by atoms with van der Waals surface area (Å²) in [4.78, 5) is 7.45. The van der Waals surface area contributed by atoms with Gasteiger partial charge < -0.3 is 0 Å². The molecule has 0 aliphatic carbocycles. The molecule has 0 aromatic heterocycles. The van der Waals surface area contributed by atoms with Crippen molar-refractivity contribution in [1.82, 2.24) is 0 Å². The van der Waals surface area contributed by atoms with Gasteiger partial charge in [0.05, 0.1) is 5.70 Å². The first kappa shape index (κ1) is 7.08. The number of hydrogen-bond donors (Lipinski definition) is 0. The fourth-order valence-electron chi connectivity index (χ4n) is 0.223. The lowest BCUT2D eigenvalue weighted by Crippen LogP contribution is -1.63. The molecule has 0 aliphatic rings. The van der Waals surface area contributed by atoms with Gasteiger partial charge in [0.1, 0.15) is 0 Å². The molecule has 0 N–H and O–H groups in total. The maximum absolute atomic E-state index is 3.82. The molecule has 0 aromatic rings. The number of nitrogens with zero attached hydrogens (tertiary/aromatic N) is 2. The van der Waals surface area contributed by atoms with Crippen LogP contribution in [0.1, 0.15) is 13.8 Å². The van der Waals surface area contributed by atoms with Gasteiger partial charge in [-0.05, 0) is 20.6 Å². The van der Waals surface area contributed by atoms with E-state index in [0.717, 1.165) is 5.70 Å². The third-order valence-corrected chi connectivity index (χ3v) is 0.660. The van der Waals surface area contributed by atoms with Crippen LogP contribution in [0, 0.1) is 0 Å². The van der Waals surface area contributed by atoms with E-state index in [0.29, 0.717) is 0 Å². The predicted molar refractivity (Wildman–Crippen MR) is 37.5 cm³/mol. The minimum Gasteiger partial charge on any atom is -0.268 e. The molecular formula is C6H10N2. The zero-order valence-electron chi connectivity index (χ0n) is 5.26. The van der Waals surface area contributed by atoms with E-state index in [4.69, 9.17) is 0 Å². The lowest BCUT2D eigenvalue weighted by molar-refractivity contribution is 1.29. The van der Waals surface area contributed by atoms with Gasteiger partial charge in [-0.1, -0.05) is 0 Å². The Kier molecular flexibility index (Phi) is 3.76. The van der Waals surface area contributed by atoms with E-state index >= 15 is 0 Å². The van der Waals surface area contributed by atoms with Gasteiger partial charge in [0.2, 0.25) is 0 Å². The van der Waals surface area contributed by atoms with Crippen molar-refractivity contribution in [3.63, 3.8) is 0 Å². The van der Waals surface area contributed by atoms with Crippen molar-refractivity contribution in [1.29, 1.82) is 0 Å². The maximum atomic E-state index is 3.82. The lowest BCUT2D eigenvalue weighted by atomic mass is 10.6. The normalized spacial score (nSPS) is 12.5. The van der Waals surface area contributed by atoms with Crippen molar-refractivity contribution in [2.24, 2.45) is 9.98 Å². The van der Waals surface area contributed by atoms with Crippen LogP contribution >= 0.6 is 0 Å². The average molecular weight is 110 g/mol. The Bertz CT molecular complexity index is 122. The Morgan fingerprint density at radius 2 is 2.25 bits per heavy atom. The molecule has 0 unspecified atom stereocenters. The summed E-state index contributed by atoms with van der Waals surface area (Å²) in [5.41, 5.74) is 0.836. The van der Waals surface area contributed by atoms with Crippen molar-refractivity contribution in [3.05, 3.63) is 11.9 Å². The predicted octanol–water partition coefficient (Wildman–Crippen LogP) is 1.64. The van der Waals surface area contributed by atoms with Gasteiger partial charge in [0.25, 0.3) is 0 Å². The van der Waals surface area contributed by atoms with E-state index in [1.165, 1.54) is 0 Å². The Morgan fingerprint density at radius 1 is 1.62 bits per heavy atom. The summed E-state index contributed by atoms with van der Waals surface area (Å²) in [5, 5.41) is 0. The second kappa shape index (κ2) is 4.24. The van der Waals surface area contributed by atoms with Crippen LogP contribution in [0.3, 0.4) is 0 Å². The first-order valence-electron chi connectivity index (χ1n) is 2.42. The molecule has 0 fully saturated rings. The third-order valence-electron chi connectivity index (χ3n) is 0.660. The molecule has 0 rings (SSSR count). The lowest BCUT2D eigenvalue weighted by Gasteiger charge is -1.81. The molecule has 0 aliphatic heterocycles. The number of allylic oxidation sites excluding steroid dienone is 1. The highest BCUT2D eigenvalue weighted by molar-refractivity contribution is 5.54. The summed E-state index contributed by atoms with van der Waals surface area (Å²) in [5.74, 6) is 0. The van der Waals surface area contributed by atoms with Gasteiger partial charge in [0, 0.05) is 12.4 Å². The van der Waals surface area contributed by atoms with E-state index in [9.17, 15) is 0 Å². The number of rotatable bonds is 2. The van der Waals surface area contributed by atoms with Crippen LogP contribution in [0.15, 0.2) is 21.9 Å². The van der Waals surface area contributed by atoms with E-state index in [-0.39, 0.29) is 0 Å². The molecule has 0 atom stereocenters. The minimum atomic E-state index is 0.836. The summed E-state index contributed by atoms with van der Waals surface area (Å²) in [7, 11) is 0. The molecule has 2 heteroatoms. The van der Waals surface area contributed by atoms with Gasteiger partial charge in [0.15, 0.2) is 0 Å². The highest BCUT2D eigenvalue weighted by Gasteiger charge is 1.72. The van der Waals surface area contributed by atoms with E-state index in [1.54, 1.807) is 12.4 Å². The van der Waals surface area contributed by atoms with Crippen LogP contribution in [0.2, 0.25) is 0 Å². The number of aliphatic imine (C=N–C) groups is 2. The molecule has 0 bridgehead atoms. The van der Waals surface area contributed by atoms with Crippen molar-refractivity contribution in [3.8, 4) is 0 Å². The smallest absolute Gasteiger partial charge is 0.0547 e. The molecule has 44 valence electrons. The standard InChI is InChI=1S/C6H10N2/c1-4-8-5-6(2)7-3/h4-5H,3H2,1-2H3/b6-5-,8-4?. The van der Waals surface area contributed by atoms with Crippen molar-refractivity contribution < 1.29 is 0 Å². The van der Waals surface area contributed by atoms with E-state index in [1.807, 2.05) is 13.8 Å². The Hall–Kier alpha value is -0.920. The highest BCUT2D eigenvalue weighted by Crippen LogP contribution is 1.90. The monoisotopic (exact) mass is 110 g/mol. The third kappa shape index (κ3) is 3.28. The quantitative estimate of drug-likeness (QED) is 0.483. The van der Waals surface area contributed by atoms with Gasteiger partial charge in [-0.15, -0.1) is 0 Å². The summed E-state index contributed by atoms with van der Waals surface area (Å²) >= 11 is 0. The largest absolute Gasteiger partial charge is 0.268 e. The second-order valence-electron chi connectivity index (χ2n) is 1.34. The van der Waals surface area contributed by atoms with Crippen molar-refractivity contribution in [2.45, 2.75) is 13.8 Å². The molecule has 0 saturated carbocycles. The molecule has 0 radical (unpaired) electrons. The molecule has 0 amide bonds. The molecule has 0 heterocycles. The molecule has 0 aromatic carbocycles. The van der Waals surface area contributed by atoms with Gasteiger partial charge in [-0.25, -0.2) is 0 Å². The van der Waals surface area contributed by atoms with Crippen molar-refractivity contribution in [2.75, 3.05) is 0 Å². The van der Waals surface area contributed by atoms with E-state index in [2.05, 4.69) is 16.7 Å². The zero-order valence-corrected chi connectivity index (χ0v) is 5.26. The first-order valence-corrected chi connectivity index (χ1v) is 2.42. The SMILES string of the molecule is C=N/C(C)=C\N=CC. The van der Waals surface area contributed by atoms with Gasteiger partial charge in [-0.3, -0.25) is 9.98 Å². The topological polar surface area (TPSA) is 24.7 Å². The number of hydrogen-bond acceptors (Lipinski definition) is 2. The van der Waals surface area contributed by atoms with Crippen LogP contribution in [0.25, 0.3) is 0 Å². The first-order chi connectivity index (χ1) is 3.81. The summed E-state index contributed by atoms with van der Waals surface area (Å²) in [6, 6.07) is 0. The average Bonchev–Trinajstić information content (AvgIpc) is 1.83. The van der Waals surface area contributed by atoms with Gasteiger partial charge >= 0.3 is 0 Å². The Balaban J connectivity index is 3.74. The Labute approximate surface area is 49.7 Å². The minimum absolute atomic E-state index is 0.836. The molecular weight excluding hydrogens is 100 g/mol. The van der Waals surface area contributed by atoms with Gasteiger partial charge in [-0.2, -0.15) is 0 Å². The molecule has 2 nitrogen and oxygen atoms in total. The molecule has 0 spiro atoms. The highest BCUT2D eigenvalue weighted by atomic mass is 14.8. The van der Waals surface area contributed by atoms with E-state index < -0.39 is 0 Å². The summed E-state index contributed by atoms with van der Waals surface area (Å²) in [6.07, 6.45) is 3.36. The maximum Gasteiger partial charge on any atom is 0.0547 e. The van der Waals surface area contributed by atoms with Crippen LogP contribution < -0.4 is 0 Å². The second-order valence-corrected chi connectivity index (χ2v) is 1.34. The van der Waals surface area contributed by atoms with Crippen LogP contribution in [0.4, 0.5) is 0 Å². The van der Waals surface area contributed by atoms with Crippen molar-refractivity contribution >= 4 is 12.9 Å². The van der Waals surface area contributed by atoms with Crippen LogP contribution in [0.5, 0.6) is 0 Å². The molecule has 0 saturated heterocycles. The zero-order chi connectivity index (χ0) is 6.41. The Morgan fingerprint density at radius 3 is 2.62 bits per heavy atom. The fourth-order valence-corrected chi connectivity index (χ4v) is 0.223. The summed E-state index contributed by atoms with van der Waals surface area (Å²) in [6.45, 7) is 7.02.